The van der Waals surface area contributed by atoms with E-state index >= 15 is 0 Å². The maximum Gasteiger partial charge on any atom is 0.416 e. The molecule has 0 radical (unpaired) electrons. The summed E-state index contributed by atoms with van der Waals surface area (Å²) in [4.78, 5) is 0.785. The third-order valence-electron chi connectivity index (χ3n) is 10.4. The molecule has 15 heteroatoms. The average Bonchev–Trinajstić information content (AvgIpc) is 3.27. The van der Waals surface area contributed by atoms with Crippen LogP contribution in [-0.4, -0.2) is 6.15 Å². The molecule has 0 spiro atoms. The maximum atomic E-state index is 13.6. The number of hydrogen-bond acceptors (Lipinski definition) is 1. The summed E-state index contributed by atoms with van der Waals surface area (Å²) in [5.74, 6) is 3.51. The van der Waals surface area contributed by atoms with Gasteiger partial charge < -0.3 is 0 Å². The second kappa shape index (κ2) is 18.7. The molecule has 328 valence electrons. The molecule has 0 saturated heterocycles. The van der Waals surface area contributed by atoms with Gasteiger partial charge in [0, 0.05) is 11.1 Å². The van der Waals surface area contributed by atoms with Gasteiger partial charge in [-0.3, -0.25) is 0 Å². The van der Waals surface area contributed by atoms with Crippen LogP contribution in [0.4, 0.5) is 52.7 Å². The third-order valence-corrected chi connectivity index (χ3v) is 12.6. The van der Waals surface area contributed by atoms with Crippen molar-refractivity contribution < 1.29 is 56.9 Å². The Labute approximate surface area is 361 Å². The molecule has 0 aromatic heterocycles. The van der Waals surface area contributed by atoms with Crippen LogP contribution in [0.25, 0.3) is 0 Å². The Bertz CT molecular complexity index is 2490. The van der Waals surface area contributed by atoms with Crippen molar-refractivity contribution in [1.29, 1.82) is 0 Å². The molecule has 0 aliphatic heterocycles. The summed E-state index contributed by atoms with van der Waals surface area (Å²) >= 11 is 0. The molecule has 0 aliphatic rings. The molecule has 7 aromatic rings. The van der Waals surface area contributed by atoms with Crippen molar-refractivity contribution in [3.05, 3.63) is 221 Å². The molecule has 0 heterocycles. The lowest BCUT2D eigenvalue weighted by Crippen LogP contribution is -2.74. The van der Waals surface area contributed by atoms with Gasteiger partial charge in [0.1, 0.15) is 6.15 Å². The molecule has 0 aliphatic carbocycles. The Morgan fingerprint density at radius 3 is 0.953 bits per heavy atom. The Morgan fingerprint density at radius 2 is 0.656 bits per heavy atom. The highest BCUT2D eigenvalue weighted by Crippen LogP contribution is 2.33. The van der Waals surface area contributed by atoms with Crippen molar-refractivity contribution in [3.8, 4) is 11.2 Å². The van der Waals surface area contributed by atoms with E-state index < -0.39 is 63.0 Å². The summed E-state index contributed by atoms with van der Waals surface area (Å²) in [5, 5.41) is 3.05. The van der Waals surface area contributed by atoms with Gasteiger partial charge in [0.05, 0.1) is 22.3 Å². The number of rotatable bonds is 7. The minimum Gasteiger partial charge on any atom is -0.195 e. The number of halogens is 12. The standard InChI is InChI=1S/C28H16BF12.C21H17OS/c30-25(31,32)17-1-9-21(10-2-17)29(22-11-3-18(4-12-22)26(33,34)35,23-13-5-19(6-14-23)27(36,37)38)24-15-7-20(8-16-24)28(39,40)41;22-23(21-14-8-3-9-15-21,18-20-12-6-2-7-13-20)17-16-19-10-4-1-5-11-19/h1-16H;1-15H,18H2/q-1;+1. The van der Waals surface area contributed by atoms with Gasteiger partial charge in [-0.15, -0.1) is 0 Å². The van der Waals surface area contributed by atoms with Gasteiger partial charge in [-0.1, -0.05) is 168 Å². The van der Waals surface area contributed by atoms with Gasteiger partial charge in [-0.25, -0.2) is 0 Å². The number of hydrogen-bond donors (Lipinski definition) is 0. The topological polar surface area (TPSA) is 17.1 Å². The fraction of sp³-hybridized carbons (Fsp3) is 0.102. The predicted octanol–water partition coefficient (Wildman–Crippen LogP) is 11.9. The van der Waals surface area contributed by atoms with E-state index in [9.17, 15) is 56.9 Å². The van der Waals surface area contributed by atoms with Crippen LogP contribution in [-0.2, 0) is 44.6 Å². The van der Waals surface area contributed by atoms with Gasteiger partial charge in [0.2, 0.25) is 0 Å². The van der Waals surface area contributed by atoms with Gasteiger partial charge in [0.25, 0.3) is 0 Å². The second-order valence-corrected chi connectivity index (χ2v) is 16.9. The van der Waals surface area contributed by atoms with Gasteiger partial charge in [0.15, 0.2) is 25.8 Å². The Balaban J connectivity index is 0.000000249. The van der Waals surface area contributed by atoms with E-state index in [4.69, 9.17) is 0 Å². The predicted molar refractivity (Wildman–Crippen MR) is 226 cm³/mol. The van der Waals surface area contributed by atoms with Crippen LogP contribution >= 0.6 is 0 Å². The zero-order valence-corrected chi connectivity index (χ0v) is 33.9. The molecular formula is C49H33BF12OS. The largest absolute Gasteiger partial charge is 0.416 e. The SMILES string of the molecule is FC(F)(F)c1ccc([B-](c2ccc(C(F)(F)F)cc2)(c2ccc(C(F)(F)F)cc2)c2ccc(C(F)(F)F)cc2)cc1.O=[S+](C#Cc1ccccc1)(Cc1ccccc1)c1ccccc1. The Kier molecular flexibility index (Phi) is 13.7. The van der Waals surface area contributed by atoms with Crippen LogP contribution in [0.3, 0.4) is 0 Å². The van der Waals surface area contributed by atoms with Crippen LogP contribution in [0.2, 0.25) is 0 Å². The van der Waals surface area contributed by atoms with Gasteiger partial charge in [-0.2, -0.15) is 74.5 Å². The van der Waals surface area contributed by atoms with E-state index in [1.807, 2.05) is 91.0 Å². The molecule has 1 atom stereocenters. The first-order valence-electron chi connectivity index (χ1n) is 19.2. The molecule has 0 amide bonds. The highest BCUT2D eigenvalue weighted by atomic mass is 32.2. The van der Waals surface area contributed by atoms with E-state index in [1.165, 1.54) is 0 Å². The number of benzene rings is 7. The fourth-order valence-electron chi connectivity index (χ4n) is 7.29. The smallest absolute Gasteiger partial charge is 0.195 e. The maximum absolute atomic E-state index is 13.6. The monoisotopic (exact) mass is 908 g/mol. The average molecular weight is 909 g/mol. The van der Waals surface area contributed by atoms with Crippen LogP contribution < -0.4 is 21.9 Å². The normalized spacial score (nSPS) is 13.1. The molecule has 1 nitrogen and oxygen atoms in total. The molecule has 7 rings (SSSR count). The molecule has 7 aromatic carbocycles. The van der Waals surface area contributed by atoms with E-state index in [-0.39, 0.29) is 21.9 Å². The molecule has 64 heavy (non-hydrogen) atoms. The number of alkyl halides is 12. The summed E-state index contributed by atoms with van der Waals surface area (Å²) in [6.45, 7) is 0. The van der Waals surface area contributed by atoms with E-state index in [0.717, 1.165) is 64.6 Å². The molecule has 0 fully saturated rings. The first-order chi connectivity index (χ1) is 30.1. The van der Waals surface area contributed by atoms with Crippen LogP contribution in [0.5, 0.6) is 0 Å². The summed E-state index contributed by atoms with van der Waals surface area (Å²) < 4.78 is 174. The Morgan fingerprint density at radius 1 is 0.375 bits per heavy atom. The molecule has 0 saturated carbocycles. The van der Waals surface area contributed by atoms with Crippen molar-refractivity contribution >= 4 is 37.9 Å². The molecule has 1 unspecified atom stereocenters. The van der Waals surface area contributed by atoms with E-state index in [0.29, 0.717) is 54.3 Å². The highest BCUT2D eigenvalue weighted by molar-refractivity contribution is 8.06. The summed E-state index contributed by atoms with van der Waals surface area (Å²) in [6, 6.07) is 42.6. The highest BCUT2D eigenvalue weighted by Gasteiger charge is 2.38. The molecule has 0 bridgehead atoms. The minimum atomic E-state index is -4.77. The van der Waals surface area contributed by atoms with Crippen molar-refractivity contribution in [2.24, 2.45) is 0 Å². The first-order valence-corrected chi connectivity index (χ1v) is 20.9. The summed E-state index contributed by atoms with van der Waals surface area (Å²) in [7, 11) is -2.48. The zero-order valence-electron chi connectivity index (χ0n) is 33.0. The third kappa shape index (κ3) is 11.0. The van der Waals surface area contributed by atoms with E-state index in [1.54, 1.807) is 0 Å². The fourth-order valence-corrected chi connectivity index (χ4v) is 9.19. The van der Waals surface area contributed by atoms with Crippen molar-refractivity contribution in [2.75, 3.05) is 0 Å². The molecule has 0 N–H and O–H groups in total. The Hall–Kier alpha value is -6.53. The quantitative estimate of drug-likeness (QED) is 0.0674. The lowest BCUT2D eigenvalue weighted by Gasteiger charge is -2.44. The first kappa shape index (κ1) is 47.0. The van der Waals surface area contributed by atoms with Crippen LogP contribution in [0.15, 0.2) is 193 Å². The zero-order chi connectivity index (χ0) is 46.4. The van der Waals surface area contributed by atoms with E-state index in [2.05, 4.69) is 11.2 Å². The van der Waals surface area contributed by atoms with Crippen molar-refractivity contribution in [3.63, 3.8) is 0 Å². The second-order valence-electron chi connectivity index (χ2n) is 14.6. The summed E-state index contributed by atoms with van der Waals surface area (Å²) in [6.07, 6.45) is -22.0. The van der Waals surface area contributed by atoms with Crippen LogP contribution in [0, 0.1) is 11.2 Å². The minimum absolute atomic E-state index is 0.0114. The molecular weight excluding hydrogens is 875 g/mol. The lowest BCUT2D eigenvalue weighted by atomic mass is 9.13. The summed E-state index contributed by atoms with van der Waals surface area (Å²) in [5.41, 5.74) is -2.38. The van der Waals surface area contributed by atoms with Gasteiger partial charge >= 0.3 is 24.7 Å². The van der Waals surface area contributed by atoms with Crippen molar-refractivity contribution in [2.45, 2.75) is 35.4 Å². The van der Waals surface area contributed by atoms with Gasteiger partial charge in [-0.05, 0) is 30.2 Å². The van der Waals surface area contributed by atoms with Crippen LogP contribution in [0.1, 0.15) is 33.4 Å². The van der Waals surface area contributed by atoms with Crippen molar-refractivity contribution in [1.82, 2.24) is 0 Å². The lowest BCUT2D eigenvalue weighted by molar-refractivity contribution is -0.138.